The molecule has 4 nitrogen and oxygen atoms in total. The molecule has 0 bridgehead atoms. The summed E-state index contributed by atoms with van der Waals surface area (Å²) in [5, 5.41) is 3.07. The normalized spacial score (nSPS) is 12.5. The van der Waals surface area contributed by atoms with Gasteiger partial charge in [0.2, 0.25) is 5.91 Å². The Bertz CT molecular complexity index is 174. The van der Waals surface area contributed by atoms with E-state index in [9.17, 15) is 4.79 Å². The molecule has 1 N–H and O–H groups in total. The lowest BCUT2D eigenvalue weighted by Gasteiger charge is -2.19. The van der Waals surface area contributed by atoms with Gasteiger partial charge in [0.25, 0.3) is 0 Å². The van der Waals surface area contributed by atoms with Crippen LogP contribution in [0.25, 0.3) is 0 Å². The Morgan fingerprint density at radius 1 is 1.53 bits per heavy atom. The molecule has 15 heavy (non-hydrogen) atoms. The van der Waals surface area contributed by atoms with Crippen molar-refractivity contribution >= 4 is 5.91 Å². The van der Waals surface area contributed by atoms with Crippen LogP contribution in [0.15, 0.2) is 0 Å². The molecule has 0 spiro atoms. The summed E-state index contributed by atoms with van der Waals surface area (Å²) in [6.07, 6.45) is 1.57. The minimum atomic E-state index is 0.204. The molecule has 90 valence electrons. The second-order valence-electron chi connectivity index (χ2n) is 4.04. The first kappa shape index (κ1) is 14.4. The SMILES string of the molecule is CNCCCN(C)C(=O)CC(C)COC. The summed E-state index contributed by atoms with van der Waals surface area (Å²) in [5.74, 6) is 0.505. The molecular weight excluding hydrogens is 192 g/mol. The predicted molar refractivity (Wildman–Crippen MR) is 61.8 cm³/mol. The van der Waals surface area contributed by atoms with Crippen molar-refractivity contribution in [1.29, 1.82) is 0 Å². The van der Waals surface area contributed by atoms with E-state index in [1.54, 1.807) is 12.0 Å². The number of amides is 1. The van der Waals surface area contributed by atoms with Gasteiger partial charge in [0.1, 0.15) is 0 Å². The lowest BCUT2D eigenvalue weighted by atomic mass is 10.1. The van der Waals surface area contributed by atoms with Crippen LogP contribution in [0.3, 0.4) is 0 Å². The second kappa shape index (κ2) is 8.68. The van der Waals surface area contributed by atoms with E-state index in [0.717, 1.165) is 19.5 Å². The maximum absolute atomic E-state index is 11.7. The Kier molecular flexibility index (Phi) is 8.33. The van der Waals surface area contributed by atoms with Crippen LogP contribution in [0, 0.1) is 5.92 Å². The number of carbonyl (C=O) groups excluding carboxylic acids is 1. The zero-order valence-corrected chi connectivity index (χ0v) is 10.4. The lowest BCUT2D eigenvalue weighted by Crippen LogP contribution is -2.31. The third-order valence-electron chi connectivity index (χ3n) is 2.32. The Balaban J connectivity index is 3.68. The first-order valence-electron chi connectivity index (χ1n) is 5.49. The topological polar surface area (TPSA) is 41.6 Å². The second-order valence-corrected chi connectivity index (χ2v) is 4.04. The molecule has 1 atom stereocenters. The van der Waals surface area contributed by atoms with Gasteiger partial charge < -0.3 is 15.0 Å². The Morgan fingerprint density at radius 3 is 2.73 bits per heavy atom. The third kappa shape index (κ3) is 7.33. The zero-order valence-electron chi connectivity index (χ0n) is 10.4. The fourth-order valence-corrected chi connectivity index (χ4v) is 1.42. The van der Waals surface area contributed by atoms with Crippen LogP contribution in [-0.2, 0) is 9.53 Å². The predicted octanol–water partition coefficient (Wildman–Crippen LogP) is 0.727. The largest absolute Gasteiger partial charge is 0.384 e. The van der Waals surface area contributed by atoms with E-state index in [4.69, 9.17) is 4.74 Å². The van der Waals surface area contributed by atoms with Crippen molar-refractivity contribution in [3.05, 3.63) is 0 Å². The lowest BCUT2D eigenvalue weighted by molar-refractivity contribution is -0.131. The van der Waals surface area contributed by atoms with E-state index in [1.165, 1.54) is 0 Å². The molecule has 0 saturated heterocycles. The van der Waals surface area contributed by atoms with E-state index in [2.05, 4.69) is 5.32 Å². The van der Waals surface area contributed by atoms with Crippen molar-refractivity contribution in [2.24, 2.45) is 5.92 Å². The minimum Gasteiger partial charge on any atom is -0.384 e. The first-order chi connectivity index (χ1) is 7.11. The highest BCUT2D eigenvalue weighted by molar-refractivity contribution is 5.76. The molecule has 0 heterocycles. The fourth-order valence-electron chi connectivity index (χ4n) is 1.42. The first-order valence-corrected chi connectivity index (χ1v) is 5.49. The molecule has 0 saturated carbocycles. The molecule has 0 rings (SSSR count). The maximum Gasteiger partial charge on any atom is 0.222 e. The van der Waals surface area contributed by atoms with Gasteiger partial charge in [-0.3, -0.25) is 4.79 Å². The Hall–Kier alpha value is -0.610. The molecule has 1 amide bonds. The zero-order chi connectivity index (χ0) is 11.7. The van der Waals surface area contributed by atoms with Crippen LogP contribution < -0.4 is 5.32 Å². The average Bonchev–Trinajstić information content (AvgIpc) is 2.18. The van der Waals surface area contributed by atoms with Gasteiger partial charge in [-0.15, -0.1) is 0 Å². The van der Waals surface area contributed by atoms with E-state index >= 15 is 0 Å². The van der Waals surface area contributed by atoms with Crippen LogP contribution in [0.4, 0.5) is 0 Å². The highest BCUT2D eigenvalue weighted by atomic mass is 16.5. The number of hydrogen-bond donors (Lipinski definition) is 1. The van der Waals surface area contributed by atoms with Crippen LogP contribution in [-0.4, -0.2) is 51.7 Å². The van der Waals surface area contributed by atoms with Crippen molar-refractivity contribution in [1.82, 2.24) is 10.2 Å². The van der Waals surface area contributed by atoms with Gasteiger partial charge in [-0.2, -0.15) is 0 Å². The van der Waals surface area contributed by atoms with E-state index < -0.39 is 0 Å². The number of methoxy groups -OCH3 is 1. The van der Waals surface area contributed by atoms with Gasteiger partial charge in [0.15, 0.2) is 0 Å². The summed E-state index contributed by atoms with van der Waals surface area (Å²) < 4.78 is 5.00. The van der Waals surface area contributed by atoms with Gasteiger partial charge in [0.05, 0.1) is 0 Å². The van der Waals surface area contributed by atoms with Crippen LogP contribution >= 0.6 is 0 Å². The summed E-state index contributed by atoms with van der Waals surface area (Å²) in [6, 6.07) is 0. The summed E-state index contributed by atoms with van der Waals surface area (Å²) in [4.78, 5) is 13.5. The molecule has 4 heteroatoms. The summed E-state index contributed by atoms with van der Waals surface area (Å²) >= 11 is 0. The standard InChI is InChI=1S/C11H24N2O2/c1-10(9-15-4)8-11(14)13(3)7-5-6-12-2/h10,12H,5-9H2,1-4H3. The van der Waals surface area contributed by atoms with Gasteiger partial charge in [-0.25, -0.2) is 0 Å². The van der Waals surface area contributed by atoms with Crippen LogP contribution in [0.2, 0.25) is 0 Å². The van der Waals surface area contributed by atoms with Gasteiger partial charge >= 0.3 is 0 Å². The number of hydrogen-bond acceptors (Lipinski definition) is 3. The van der Waals surface area contributed by atoms with E-state index in [0.29, 0.717) is 18.9 Å². The van der Waals surface area contributed by atoms with Crippen molar-refractivity contribution < 1.29 is 9.53 Å². The molecule has 0 aliphatic carbocycles. The fraction of sp³-hybridized carbons (Fsp3) is 0.909. The Labute approximate surface area is 93.0 Å². The Morgan fingerprint density at radius 2 is 2.20 bits per heavy atom. The number of rotatable bonds is 8. The number of carbonyl (C=O) groups is 1. The molecule has 0 radical (unpaired) electrons. The summed E-state index contributed by atoms with van der Waals surface area (Å²) in [6.45, 7) is 4.45. The van der Waals surface area contributed by atoms with Crippen molar-refractivity contribution in [2.45, 2.75) is 19.8 Å². The monoisotopic (exact) mass is 216 g/mol. The van der Waals surface area contributed by atoms with Crippen LogP contribution in [0.5, 0.6) is 0 Å². The van der Waals surface area contributed by atoms with E-state index in [1.807, 2.05) is 21.0 Å². The van der Waals surface area contributed by atoms with Crippen molar-refractivity contribution in [3.63, 3.8) is 0 Å². The molecule has 0 aliphatic rings. The molecule has 0 aromatic heterocycles. The minimum absolute atomic E-state index is 0.204. The third-order valence-corrected chi connectivity index (χ3v) is 2.32. The molecule has 0 fully saturated rings. The highest BCUT2D eigenvalue weighted by Gasteiger charge is 2.12. The number of ether oxygens (including phenoxy) is 1. The maximum atomic E-state index is 11.7. The quantitative estimate of drug-likeness (QED) is 0.608. The molecule has 0 aromatic rings. The highest BCUT2D eigenvalue weighted by Crippen LogP contribution is 2.04. The molecule has 0 aromatic carbocycles. The smallest absolute Gasteiger partial charge is 0.222 e. The number of nitrogens with zero attached hydrogens (tertiary/aromatic N) is 1. The molecule has 1 unspecified atom stereocenters. The summed E-state index contributed by atoms with van der Waals surface area (Å²) in [7, 11) is 5.44. The van der Waals surface area contributed by atoms with Crippen molar-refractivity contribution in [3.8, 4) is 0 Å². The number of nitrogens with one attached hydrogen (secondary N) is 1. The average molecular weight is 216 g/mol. The van der Waals surface area contributed by atoms with Gasteiger partial charge in [0, 0.05) is 33.7 Å². The van der Waals surface area contributed by atoms with Gasteiger partial charge in [-0.05, 0) is 25.9 Å². The molecular formula is C11H24N2O2. The molecule has 0 aliphatic heterocycles. The van der Waals surface area contributed by atoms with Crippen LogP contribution in [0.1, 0.15) is 19.8 Å². The van der Waals surface area contributed by atoms with Crippen molar-refractivity contribution in [2.75, 3.05) is 40.9 Å². The van der Waals surface area contributed by atoms with E-state index in [-0.39, 0.29) is 5.91 Å². The summed E-state index contributed by atoms with van der Waals surface area (Å²) in [5.41, 5.74) is 0. The van der Waals surface area contributed by atoms with Gasteiger partial charge in [-0.1, -0.05) is 6.92 Å².